The molecule has 0 fully saturated rings. The number of phenols is 1. The second-order valence-corrected chi connectivity index (χ2v) is 8.60. The molecule has 1 aromatic carbocycles. The molecule has 0 spiro atoms. The number of hydrogen-bond donors (Lipinski definition) is 3. The van der Waals surface area contributed by atoms with Crippen molar-refractivity contribution in [1.82, 2.24) is 10.3 Å². The Balaban J connectivity index is 1.46. The molecule has 2 aromatic rings. The van der Waals surface area contributed by atoms with Gasteiger partial charge in [0.05, 0.1) is 0 Å². The number of rotatable bonds is 17. The number of aromatic hydroxyl groups is 1. The quantitative estimate of drug-likeness (QED) is 0.198. The molecule has 0 aliphatic rings. The molecule has 192 valence electrons. The predicted molar refractivity (Wildman–Crippen MR) is 154 cm³/mol. The van der Waals surface area contributed by atoms with E-state index >= 15 is 0 Å². The van der Waals surface area contributed by atoms with Gasteiger partial charge in [-0.25, -0.2) is 0 Å². The van der Waals surface area contributed by atoms with Crippen LogP contribution in [-0.4, -0.2) is 22.5 Å². The third-order valence-corrected chi connectivity index (χ3v) is 5.60. The summed E-state index contributed by atoms with van der Waals surface area (Å²) >= 11 is 0. The van der Waals surface area contributed by atoms with Gasteiger partial charge in [0.2, 0.25) is 5.91 Å². The first-order valence-corrected chi connectivity index (χ1v) is 13.2. The third kappa shape index (κ3) is 12.8. The average molecular weight is 487 g/mol. The number of phenolic OH excluding ortho intramolecular Hbond substituents is 1. The molecule has 0 radical (unpaired) electrons. The minimum atomic E-state index is 0.0669. The third-order valence-electron chi connectivity index (χ3n) is 5.60. The number of benzene rings is 1. The molecule has 0 bridgehead atoms. The van der Waals surface area contributed by atoms with E-state index in [1.165, 1.54) is 0 Å². The number of fused-ring (bicyclic) bond motifs is 1. The number of amides is 1. The second-order valence-electron chi connectivity index (χ2n) is 8.60. The first-order valence-electron chi connectivity index (χ1n) is 13.2. The molecule has 2 rings (SSSR count). The van der Waals surface area contributed by atoms with Crippen LogP contribution in [0, 0.1) is 0 Å². The standard InChI is InChI=1S/C32H42N2O2/c1-2-3-4-5-6-7-8-9-10-11-12-13-14-15-16-17-18-19-20-21-32(36)33-25-24-28-27-34-31-23-22-29(35)26-30(28)31/h3-4,6-7,9-10,12-13,15-16,18-19,22-23,26-27,34-35H,2,5,8,11,14,17,20-21,24-25H2,1H3,(H,33,36)/b4-3-,7-6-,10-9+,13-12-,16-15-,19-18-. The molecule has 1 aromatic heterocycles. The zero-order chi connectivity index (χ0) is 25.7. The van der Waals surface area contributed by atoms with Crippen molar-refractivity contribution in [3.63, 3.8) is 0 Å². The summed E-state index contributed by atoms with van der Waals surface area (Å²) in [6, 6.07) is 5.28. The first kappa shape index (κ1) is 28.7. The smallest absolute Gasteiger partial charge is 0.220 e. The van der Waals surface area contributed by atoms with Gasteiger partial charge in [0.1, 0.15) is 5.75 Å². The van der Waals surface area contributed by atoms with Crippen LogP contribution in [0.15, 0.2) is 97.3 Å². The minimum Gasteiger partial charge on any atom is -0.508 e. The number of allylic oxidation sites excluding steroid dienone is 12. The Labute approximate surface area is 216 Å². The molecule has 1 heterocycles. The molecule has 4 heteroatoms. The van der Waals surface area contributed by atoms with E-state index < -0.39 is 0 Å². The van der Waals surface area contributed by atoms with Gasteiger partial charge < -0.3 is 15.4 Å². The van der Waals surface area contributed by atoms with Crippen molar-refractivity contribution < 1.29 is 9.90 Å². The molecule has 0 aliphatic carbocycles. The van der Waals surface area contributed by atoms with E-state index in [4.69, 9.17) is 0 Å². The van der Waals surface area contributed by atoms with Crippen LogP contribution in [0.1, 0.15) is 63.9 Å². The van der Waals surface area contributed by atoms with Gasteiger partial charge in [-0.1, -0.05) is 79.8 Å². The van der Waals surface area contributed by atoms with Crippen molar-refractivity contribution >= 4 is 16.8 Å². The molecule has 0 atom stereocenters. The van der Waals surface area contributed by atoms with Crippen molar-refractivity contribution in [3.8, 4) is 5.75 Å². The van der Waals surface area contributed by atoms with Crippen LogP contribution >= 0.6 is 0 Å². The van der Waals surface area contributed by atoms with Crippen molar-refractivity contribution in [3.05, 3.63) is 103 Å². The highest BCUT2D eigenvalue weighted by Crippen LogP contribution is 2.23. The van der Waals surface area contributed by atoms with Gasteiger partial charge in [-0.05, 0) is 75.1 Å². The number of H-pyrrole nitrogens is 1. The molecular weight excluding hydrogens is 444 g/mol. The van der Waals surface area contributed by atoms with Crippen molar-refractivity contribution in [2.45, 2.75) is 64.7 Å². The highest BCUT2D eigenvalue weighted by atomic mass is 16.3. The summed E-state index contributed by atoms with van der Waals surface area (Å²) in [5.74, 6) is 0.320. The van der Waals surface area contributed by atoms with Crippen LogP contribution in [0.3, 0.4) is 0 Å². The summed E-state index contributed by atoms with van der Waals surface area (Å²) in [5, 5.41) is 13.6. The van der Waals surface area contributed by atoms with E-state index in [2.05, 4.69) is 90.1 Å². The van der Waals surface area contributed by atoms with E-state index in [9.17, 15) is 9.90 Å². The zero-order valence-corrected chi connectivity index (χ0v) is 21.7. The van der Waals surface area contributed by atoms with Gasteiger partial charge in [0, 0.05) is 30.1 Å². The maximum atomic E-state index is 12.0. The molecular formula is C32H42N2O2. The van der Waals surface area contributed by atoms with Crippen LogP contribution in [0.4, 0.5) is 0 Å². The van der Waals surface area contributed by atoms with Gasteiger partial charge in [0.25, 0.3) is 0 Å². The van der Waals surface area contributed by atoms with Crippen molar-refractivity contribution in [2.75, 3.05) is 6.54 Å². The molecule has 0 saturated carbocycles. The summed E-state index contributed by atoms with van der Waals surface area (Å²) in [5.41, 5.74) is 2.09. The normalized spacial score (nSPS) is 12.7. The Morgan fingerprint density at radius 1 is 0.833 bits per heavy atom. The SMILES string of the molecule is CC/C=C\C/C=C\C/C=C/C/C=C\C/C=C\C/C=C\CCC(=O)NCCc1c[nH]c2ccc(O)cc12. The van der Waals surface area contributed by atoms with Gasteiger partial charge in [0.15, 0.2) is 0 Å². The maximum Gasteiger partial charge on any atom is 0.220 e. The monoisotopic (exact) mass is 486 g/mol. The van der Waals surface area contributed by atoms with Crippen LogP contribution in [0.25, 0.3) is 10.9 Å². The van der Waals surface area contributed by atoms with E-state index in [-0.39, 0.29) is 11.7 Å². The first-order chi connectivity index (χ1) is 17.7. The van der Waals surface area contributed by atoms with Crippen molar-refractivity contribution in [1.29, 1.82) is 0 Å². The van der Waals surface area contributed by atoms with Crippen LogP contribution in [0.5, 0.6) is 5.75 Å². The molecule has 1 amide bonds. The lowest BCUT2D eigenvalue weighted by atomic mass is 10.1. The summed E-state index contributed by atoms with van der Waals surface area (Å²) in [6.07, 6.45) is 36.0. The fourth-order valence-electron chi connectivity index (χ4n) is 3.65. The Bertz CT molecular complexity index is 1070. The fraction of sp³-hybridized carbons (Fsp3) is 0.344. The van der Waals surface area contributed by atoms with E-state index in [0.29, 0.717) is 13.0 Å². The van der Waals surface area contributed by atoms with Crippen LogP contribution < -0.4 is 5.32 Å². The topological polar surface area (TPSA) is 65.1 Å². The summed E-state index contributed by atoms with van der Waals surface area (Å²) in [7, 11) is 0. The molecule has 4 nitrogen and oxygen atoms in total. The Morgan fingerprint density at radius 3 is 1.97 bits per heavy atom. The van der Waals surface area contributed by atoms with Gasteiger partial charge in [-0.2, -0.15) is 0 Å². The highest BCUT2D eigenvalue weighted by Gasteiger charge is 2.05. The largest absolute Gasteiger partial charge is 0.508 e. The Hall–Kier alpha value is -3.53. The lowest BCUT2D eigenvalue weighted by molar-refractivity contribution is -0.120. The fourth-order valence-corrected chi connectivity index (χ4v) is 3.65. The molecule has 0 unspecified atom stereocenters. The highest BCUT2D eigenvalue weighted by molar-refractivity contribution is 5.84. The summed E-state index contributed by atoms with van der Waals surface area (Å²) in [4.78, 5) is 15.2. The molecule has 36 heavy (non-hydrogen) atoms. The van der Waals surface area contributed by atoms with Gasteiger partial charge in [-0.15, -0.1) is 0 Å². The molecule has 0 saturated heterocycles. The summed E-state index contributed by atoms with van der Waals surface area (Å²) < 4.78 is 0. The van der Waals surface area contributed by atoms with Gasteiger partial charge in [-0.3, -0.25) is 4.79 Å². The van der Waals surface area contributed by atoms with Crippen LogP contribution in [0.2, 0.25) is 0 Å². The van der Waals surface area contributed by atoms with Crippen molar-refractivity contribution in [2.24, 2.45) is 0 Å². The van der Waals surface area contributed by atoms with Gasteiger partial charge >= 0.3 is 0 Å². The predicted octanol–water partition coefficient (Wildman–Crippen LogP) is 8.01. The van der Waals surface area contributed by atoms with E-state index in [0.717, 1.165) is 67.8 Å². The number of nitrogens with one attached hydrogen (secondary N) is 2. The average Bonchev–Trinajstić information content (AvgIpc) is 3.27. The van der Waals surface area contributed by atoms with Crippen LogP contribution in [-0.2, 0) is 11.2 Å². The zero-order valence-electron chi connectivity index (χ0n) is 21.7. The lowest BCUT2D eigenvalue weighted by Gasteiger charge is -2.04. The summed E-state index contributed by atoms with van der Waals surface area (Å²) in [6.45, 7) is 2.74. The number of aromatic amines is 1. The number of hydrogen-bond acceptors (Lipinski definition) is 2. The Morgan fingerprint density at radius 2 is 1.39 bits per heavy atom. The number of carbonyl (C=O) groups excluding carboxylic acids is 1. The van der Waals surface area contributed by atoms with E-state index in [1.807, 2.05) is 12.3 Å². The minimum absolute atomic E-state index is 0.0669. The molecule has 0 aliphatic heterocycles. The Kier molecular flexibility index (Phi) is 15.0. The number of carbonyl (C=O) groups is 1. The number of aromatic nitrogens is 1. The van der Waals surface area contributed by atoms with E-state index in [1.54, 1.807) is 12.1 Å². The lowest BCUT2D eigenvalue weighted by Crippen LogP contribution is -2.25. The second kappa shape index (κ2) is 18.8. The molecule has 3 N–H and O–H groups in total. The maximum absolute atomic E-state index is 12.0.